The van der Waals surface area contributed by atoms with E-state index in [0.717, 1.165) is 11.3 Å². The highest BCUT2D eigenvalue weighted by Crippen LogP contribution is 2.29. The standard InChI is InChI=1S/C19H23N3O2S/c1-12-8-13(2)16(14(3)9-12)11-20-22-19(25)21-15-6-7-17(23-4)18(10-15)24-5/h6-11H,1-5H3,(H2,21,22,25)/b20-11-. The molecule has 2 N–H and O–H groups in total. The highest BCUT2D eigenvalue weighted by molar-refractivity contribution is 7.80. The number of aryl methyl sites for hydroxylation is 3. The van der Waals surface area contributed by atoms with Crippen LogP contribution >= 0.6 is 12.2 Å². The van der Waals surface area contributed by atoms with E-state index in [0.29, 0.717) is 16.6 Å². The van der Waals surface area contributed by atoms with Crippen molar-refractivity contribution in [3.05, 3.63) is 52.6 Å². The molecule has 2 aromatic rings. The van der Waals surface area contributed by atoms with Crippen molar-refractivity contribution in [3.8, 4) is 11.5 Å². The molecule has 2 rings (SSSR count). The first-order valence-electron chi connectivity index (χ1n) is 7.84. The van der Waals surface area contributed by atoms with Crippen LogP contribution in [-0.4, -0.2) is 25.5 Å². The van der Waals surface area contributed by atoms with E-state index >= 15 is 0 Å². The van der Waals surface area contributed by atoms with Crippen molar-refractivity contribution < 1.29 is 9.47 Å². The Bertz CT molecular complexity index is 780. The quantitative estimate of drug-likeness (QED) is 0.482. The van der Waals surface area contributed by atoms with Crippen molar-refractivity contribution in [2.24, 2.45) is 5.10 Å². The summed E-state index contributed by atoms with van der Waals surface area (Å²) in [4.78, 5) is 0. The summed E-state index contributed by atoms with van der Waals surface area (Å²) >= 11 is 5.27. The van der Waals surface area contributed by atoms with Gasteiger partial charge in [-0.3, -0.25) is 5.43 Å². The van der Waals surface area contributed by atoms with Gasteiger partial charge in [0.25, 0.3) is 0 Å². The minimum Gasteiger partial charge on any atom is -0.493 e. The van der Waals surface area contributed by atoms with Crippen LogP contribution in [0.1, 0.15) is 22.3 Å². The summed E-state index contributed by atoms with van der Waals surface area (Å²) in [6.07, 6.45) is 1.78. The molecule has 0 bridgehead atoms. The van der Waals surface area contributed by atoms with Gasteiger partial charge in [0.05, 0.1) is 20.4 Å². The maximum absolute atomic E-state index is 5.28. The molecule has 0 aliphatic heterocycles. The smallest absolute Gasteiger partial charge is 0.191 e. The number of benzene rings is 2. The molecule has 0 fully saturated rings. The molecule has 0 aromatic heterocycles. The van der Waals surface area contributed by atoms with Gasteiger partial charge < -0.3 is 14.8 Å². The zero-order valence-electron chi connectivity index (χ0n) is 15.1. The molecule has 0 heterocycles. The van der Waals surface area contributed by atoms with E-state index in [1.165, 1.54) is 16.7 Å². The third kappa shape index (κ3) is 4.93. The predicted octanol–water partition coefficient (Wildman–Crippen LogP) is 3.95. The van der Waals surface area contributed by atoms with Gasteiger partial charge in [-0.15, -0.1) is 0 Å². The fraction of sp³-hybridized carbons (Fsp3) is 0.263. The summed E-state index contributed by atoms with van der Waals surface area (Å²) in [6.45, 7) is 6.23. The maximum atomic E-state index is 5.28. The molecule has 132 valence electrons. The molecule has 5 nitrogen and oxygen atoms in total. The van der Waals surface area contributed by atoms with Crippen molar-refractivity contribution in [1.82, 2.24) is 5.43 Å². The Labute approximate surface area is 154 Å². The predicted molar refractivity (Wildman–Crippen MR) is 107 cm³/mol. The molecule has 0 spiro atoms. The number of methoxy groups -OCH3 is 2. The highest BCUT2D eigenvalue weighted by Gasteiger charge is 2.05. The minimum atomic E-state index is 0.394. The Kier molecular flexibility index (Phi) is 6.36. The molecule has 25 heavy (non-hydrogen) atoms. The number of nitrogens with zero attached hydrogens (tertiary/aromatic N) is 1. The lowest BCUT2D eigenvalue weighted by atomic mass is 10.0. The lowest BCUT2D eigenvalue weighted by Gasteiger charge is -2.11. The summed E-state index contributed by atoms with van der Waals surface area (Å²) < 4.78 is 10.5. The topological polar surface area (TPSA) is 54.9 Å². The van der Waals surface area contributed by atoms with E-state index in [9.17, 15) is 0 Å². The van der Waals surface area contributed by atoms with Gasteiger partial charge in [0.15, 0.2) is 16.6 Å². The number of hydrogen-bond donors (Lipinski definition) is 2. The zero-order valence-corrected chi connectivity index (χ0v) is 16.0. The van der Waals surface area contributed by atoms with Crippen molar-refractivity contribution in [2.75, 3.05) is 19.5 Å². The molecule has 0 unspecified atom stereocenters. The second kappa shape index (κ2) is 8.48. The molecule has 6 heteroatoms. The summed E-state index contributed by atoms with van der Waals surface area (Å²) in [5.74, 6) is 1.29. The SMILES string of the molecule is COc1ccc(NC(=S)N/N=C\c2c(C)cc(C)cc2C)cc1OC. The fourth-order valence-electron chi connectivity index (χ4n) is 2.62. The monoisotopic (exact) mass is 357 g/mol. The molecule has 0 aliphatic rings. The van der Waals surface area contributed by atoms with Gasteiger partial charge in [-0.25, -0.2) is 0 Å². The van der Waals surface area contributed by atoms with Crippen molar-refractivity contribution in [1.29, 1.82) is 0 Å². The van der Waals surface area contributed by atoms with E-state index in [4.69, 9.17) is 21.7 Å². The Balaban J connectivity index is 2.02. The van der Waals surface area contributed by atoms with Crippen LogP contribution < -0.4 is 20.2 Å². The second-order valence-electron chi connectivity index (χ2n) is 5.71. The Hall–Kier alpha value is -2.60. The number of thiocarbonyl (C=S) groups is 1. The van der Waals surface area contributed by atoms with Gasteiger partial charge in [0, 0.05) is 17.3 Å². The average Bonchev–Trinajstić information content (AvgIpc) is 2.57. The van der Waals surface area contributed by atoms with E-state index in [1.807, 2.05) is 18.2 Å². The molecular formula is C19H23N3O2S. The zero-order chi connectivity index (χ0) is 18.4. The van der Waals surface area contributed by atoms with Crippen LogP contribution in [0.5, 0.6) is 11.5 Å². The third-order valence-electron chi connectivity index (χ3n) is 3.74. The minimum absolute atomic E-state index is 0.394. The Morgan fingerprint density at radius 2 is 1.64 bits per heavy atom. The third-order valence-corrected chi connectivity index (χ3v) is 3.93. The first-order chi connectivity index (χ1) is 11.9. The molecule has 0 saturated heterocycles. The average molecular weight is 357 g/mol. The van der Waals surface area contributed by atoms with Crippen molar-refractivity contribution in [3.63, 3.8) is 0 Å². The molecule has 0 atom stereocenters. The summed E-state index contributed by atoms with van der Waals surface area (Å²) in [6, 6.07) is 9.74. The molecule has 0 aliphatic carbocycles. The first-order valence-corrected chi connectivity index (χ1v) is 8.25. The van der Waals surface area contributed by atoms with Crippen LogP contribution in [-0.2, 0) is 0 Å². The molecule has 2 aromatic carbocycles. The number of rotatable bonds is 5. The van der Waals surface area contributed by atoms with Crippen LogP contribution in [0, 0.1) is 20.8 Å². The van der Waals surface area contributed by atoms with Crippen LogP contribution in [0.25, 0.3) is 0 Å². The maximum Gasteiger partial charge on any atom is 0.191 e. The largest absolute Gasteiger partial charge is 0.493 e. The highest BCUT2D eigenvalue weighted by atomic mass is 32.1. The number of anilines is 1. The summed E-state index contributed by atoms with van der Waals surface area (Å²) in [5, 5.41) is 7.69. The Morgan fingerprint density at radius 1 is 1.00 bits per heavy atom. The van der Waals surface area contributed by atoms with E-state index in [-0.39, 0.29) is 0 Å². The summed E-state index contributed by atoms with van der Waals surface area (Å²) in [7, 11) is 3.19. The van der Waals surface area contributed by atoms with Crippen LogP contribution in [0.2, 0.25) is 0 Å². The van der Waals surface area contributed by atoms with E-state index in [1.54, 1.807) is 20.4 Å². The van der Waals surface area contributed by atoms with Crippen LogP contribution in [0.4, 0.5) is 5.69 Å². The molecule has 0 radical (unpaired) electrons. The number of nitrogens with one attached hydrogen (secondary N) is 2. The Morgan fingerprint density at radius 3 is 2.24 bits per heavy atom. The lowest BCUT2D eigenvalue weighted by Crippen LogP contribution is -2.24. The lowest BCUT2D eigenvalue weighted by molar-refractivity contribution is 0.355. The first kappa shape index (κ1) is 18.7. The normalized spacial score (nSPS) is 10.6. The van der Waals surface area contributed by atoms with Crippen LogP contribution in [0.3, 0.4) is 0 Å². The molecule has 0 amide bonds. The van der Waals surface area contributed by atoms with Gasteiger partial charge >= 0.3 is 0 Å². The van der Waals surface area contributed by atoms with Gasteiger partial charge in [0.1, 0.15) is 0 Å². The van der Waals surface area contributed by atoms with E-state index in [2.05, 4.69) is 48.7 Å². The van der Waals surface area contributed by atoms with Gasteiger partial charge in [-0.05, 0) is 56.2 Å². The second-order valence-corrected chi connectivity index (χ2v) is 6.11. The van der Waals surface area contributed by atoms with E-state index < -0.39 is 0 Å². The molecule has 0 saturated carbocycles. The van der Waals surface area contributed by atoms with Gasteiger partial charge in [0.2, 0.25) is 0 Å². The van der Waals surface area contributed by atoms with Gasteiger partial charge in [-0.2, -0.15) is 5.10 Å². The number of hydrogen-bond acceptors (Lipinski definition) is 4. The van der Waals surface area contributed by atoms with Crippen molar-refractivity contribution >= 4 is 29.2 Å². The van der Waals surface area contributed by atoms with Gasteiger partial charge in [-0.1, -0.05) is 17.7 Å². The van der Waals surface area contributed by atoms with Crippen molar-refractivity contribution in [2.45, 2.75) is 20.8 Å². The summed E-state index contributed by atoms with van der Waals surface area (Å²) in [5.41, 5.74) is 8.31. The number of hydrazone groups is 1. The molecular weight excluding hydrogens is 334 g/mol. The number of ether oxygens (including phenoxy) is 2. The fourth-order valence-corrected chi connectivity index (χ4v) is 2.79. The van der Waals surface area contributed by atoms with Crippen LogP contribution in [0.15, 0.2) is 35.4 Å².